The zero-order chi connectivity index (χ0) is 27.0. The van der Waals surface area contributed by atoms with Crippen molar-refractivity contribution in [2.45, 2.75) is 66.2 Å². The van der Waals surface area contributed by atoms with Gasteiger partial charge in [-0.3, -0.25) is 14.4 Å². The summed E-state index contributed by atoms with van der Waals surface area (Å²) in [6.45, 7) is 9.19. The Morgan fingerprint density at radius 2 is 1.89 bits per heavy atom. The highest BCUT2D eigenvalue weighted by Gasteiger charge is 2.41. The van der Waals surface area contributed by atoms with Crippen LogP contribution in [0.15, 0.2) is 12.3 Å². The van der Waals surface area contributed by atoms with E-state index in [9.17, 15) is 24.0 Å². The summed E-state index contributed by atoms with van der Waals surface area (Å²) in [6, 6.07) is 0.116. The molecule has 12 heteroatoms. The van der Waals surface area contributed by atoms with E-state index in [-0.39, 0.29) is 24.5 Å². The molecule has 2 rings (SSSR count). The number of esters is 3. The van der Waals surface area contributed by atoms with Crippen molar-refractivity contribution in [3.05, 3.63) is 23.5 Å². The van der Waals surface area contributed by atoms with E-state index < -0.39 is 66.7 Å². The van der Waals surface area contributed by atoms with Gasteiger partial charge in [0.2, 0.25) is 0 Å². The minimum absolute atomic E-state index is 0.0589. The molecule has 0 aromatic carbocycles. The molecule has 36 heavy (non-hydrogen) atoms. The summed E-state index contributed by atoms with van der Waals surface area (Å²) in [5.74, 6) is -4.55. The number of pyridine rings is 1. The number of amides is 1. The molecular weight excluding hydrogens is 476 g/mol. The first-order chi connectivity index (χ1) is 17.0. The fourth-order valence-electron chi connectivity index (χ4n) is 3.37. The zero-order valence-corrected chi connectivity index (χ0v) is 21.2. The highest BCUT2D eigenvalue weighted by atomic mass is 16.7. The van der Waals surface area contributed by atoms with Crippen LogP contribution in [0.25, 0.3) is 0 Å². The zero-order valence-electron chi connectivity index (χ0n) is 21.2. The third kappa shape index (κ3) is 7.15. The van der Waals surface area contributed by atoms with E-state index in [2.05, 4.69) is 10.3 Å². The largest absolute Gasteiger partial charge is 0.513 e. The Hall–Kier alpha value is -3.70. The molecule has 0 aliphatic carbocycles. The van der Waals surface area contributed by atoms with Crippen molar-refractivity contribution in [3.63, 3.8) is 0 Å². The van der Waals surface area contributed by atoms with E-state index in [1.54, 1.807) is 34.6 Å². The number of ether oxygens (including phenoxy) is 5. The average molecular weight is 509 g/mol. The van der Waals surface area contributed by atoms with E-state index in [1.807, 2.05) is 0 Å². The number of nitrogens with one attached hydrogen (secondary N) is 1. The second kappa shape index (κ2) is 12.8. The molecule has 0 radical (unpaired) electrons. The highest BCUT2D eigenvalue weighted by Crippen LogP contribution is 2.25. The van der Waals surface area contributed by atoms with Crippen molar-refractivity contribution in [3.8, 4) is 5.75 Å². The lowest BCUT2D eigenvalue weighted by Gasteiger charge is -2.29. The first-order valence-corrected chi connectivity index (χ1v) is 11.7. The molecule has 0 bridgehead atoms. The Kier molecular flexibility index (Phi) is 10.2. The van der Waals surface area contributed by atoms with Crippen molar-refractivity contribution >= 4 is 30.0 Å². The molecule has 1 aromatic heterocycles. The van der Waals surface area contributed by atoms with E-state index in [4.69, 9.17) is 23.7 Å². The Labute approximate surface area is 209 Å². The molecule has 198 valence electrons. The Balaban J connectivity index is 2.27. The number of carbonyl (C=O) groups excluding carboxylic acids is 5. The van der Waals surface area contributed by atoms with Crippen LogP contribution in [0.4, 0.5) is 4.79 Å². The summed E-state index contributed by atoms with van der Waals surface area (Å²) in [7, 11) is 0. The van der Waals surface area contributed by atoms with Crippen LogP contribution in [0.3, 0.4) is 0 Å². The van der Waals surface area contributed by atoms with Gasteiger partial charge in [0.05, 0.1) is 18.4 Å². The Morgan fingerprint density at radius 1 is 1.19 bits per heavy atom. The first-order valence-electron chi connectivity index (χ1n) is 11.7. The minimum Gasteiger partial charge on any atom is -0.463 e. The summed E-state index contributed by atoms with van der Waals surface area (Å²) >= 11 is 0. The van der Waals surface area contributed by atoms with Gasteiger partial charge < -0.3 is 29.0 Å². The maximum absolute atomic E-state index is 13.0. The maximum atomic E-state index is 13.0. The van der Waals surface area contributed by atoms with Crippen LogP contribution in [0, 0.1) is 18.8 Å². The molecule has 1 aromatic rings. The van der Waals surface area contributed by atoms with Gasteiger partial charge in [0, 0.05) is 6.20 Å². The SMILES string of the molecule is CCOC(=O)Oc1c(C)ccnc1C(=O)N[C@H]1COC(=O)[C@H](CC)[C@@H](OC(=O)C(C)C)[C@H](C)OC1=O. The molecule has 1 amide bonds. The number of rotatable bonds is 7. The number of hydrogen-bond donors (Lipinski definition) is 1. The summed E-state index contributed by atoms with van der Waals surface area (Å²) < 4.78 is 26.1. The van der Waals surface area contributed by atoms with Crippen LogP contribution in [-0.2, 0) is 33.3 Å². The van der Waals surface area contributed by atoms with Crippen molar-refractivity contribution in [1.82, 2.24) is 10.3 Å². The fraction of sp³-hybridized carbons (Fsp3) is 0.583. The monoisotopic (exact) mass is 508 g/mol. The van der Waals surface area contributed by atoms with Crippen molar-refractivity contribution < 1.29 is 47.7 Å². The van der Waals surface area contributed by atoms with Gasteiger partial charge in [-0.15, -0.1) is 0 Å². The number of hydrogen-bond acceptors (Lipinski definition) is 11. The van der Waals surface area contributed by atoms with Gasteiger partial charge in [-0.25, -0.2) is 14.6 Å². The third-order valence-electron chi connectivity index (χ3n) is 5.37. The Bertz CT molecular complexity index is 993. The van der Waals surface area contributed by atoms with Gasteiger partial charge in [0.25, 0.3) is 5.91 Å². The highest BCUT2D eigenvalue weighted by molar-refractivity contribution is 5.98. The van der Waals surface area contributed by atoms with Gasteiger partial charge in [0.1, 0.15) is 12.7 Å². The van der Waals surface area contributed by atoms with Crippen LogP contribution >= 0.6 is 0 Å². The van der Waals surface area contributed by atoms with E-state index >= 15 is 0 Å². The molecule has 12 nitrogen and oxygen atoms in total. The molecule has 2 heterocycles. The lowest BCUT2D eigenvalue weighted by Crippen LogP contribution is -2.47. The Morgan fingerprint density at radius 3 is 2.50 bits per heavy atom. The second-order valence-corrected chi connectivity index (χ2v) is 8.46. The molecule has 1 aliphatic heterocycles. The molecule has 1 N–H and O–H groups in total. The quantitative estimate of drug-likeness (QED) is 0.425. The van der Waals surface area contributed by atoms with Gasteiger partial charge in [-0.1, -0.05) is 20.8 Å². The topological polar surface area (TPSA) is 156 Å². The van der Waals surface area contributed by atoms with Gasteiger partial charge in [-0.2, -0.15) is 0 Å². The second-order valence-electron chi connectivity index (χ2n) is 8.46. The van der Waals surface area contributed by atoms with Crippen LogP contribution in [0.1, 0.15) is 57.1 Å². The van der Waals surface area contributed by atoms with Crippen LogP contribution in [0.2, 0.25) is 0 Å². The van der Waals surface area contributed by atoms with Crippen molar-refractivity contribution in [2.75, 3.05) is 13.2 Å². The summed E-state index contributed by atoms with van der Waals surface area (Å²) in [6.07, 6.45) is -1.52. The average Bonchev–Trinajstić information content (AvgIpc) is 2.85. The number of cyclic esters (lactones) is 2. The first kappa shape index (κ1) is 28.5. The normalized spacial score (nSPS) is 22.3. The number of nitrogens with zero attached hydrogens (tertiary/aromatic N) is 1. The molecule has 1 fully saturated rings. The minimum atomic E-state index is -1.40. The van der Waals surface area contributed by atoms with E-state index in [0.29, 0.717) is 5.56 Å². The molecule has 1 saturated heterocycles. The van der Waals surface area contributed by atoms with Crippen LogP contribution in [0.5, 0.6) is 5.75 Å². The number of aromatic nitrogens is 1. The molecule has 4 atom stereocenters. The number of aryl methyl sites for hydroxylation is 1. The van der Waals surface area contributed by atoms with E-state index in [0.717, 1.165) is 0 Å². The molecule has 1 aliphatic rings. The lowest BCUT2D eigenvalue weighted by atomic mass is 9.95. The lowest BCUT2D eigenvalue weighted by molar-refractivity contribution is -0.176. The fourth-order valence-corrected chi connectivity index (χ4v) is 3.37. The molecule has 0 unspecified atom stereocenters. The van der Waals surface area contributed by atoms with Crippen LogP contribution < -0.4 is 10.1 Å². The predicted octanol–water partition coefficient (Wildman–Crippen LogP) is 2.11. The third-order valence-corrected chi connectivity index (χ3v) is 5.37. The summed E-state index contributed by atoms with van der Waals surface area (Å²) in [5, 5.41) is 2.41. The predicted molar refractivity (Wildman–Crippen MR) is 123 cm³/mol. The summed E-state index contributed by atoms with van der Waals surface area (Å²) in [4.78, 5) is 66.6. The summed E-state index contributed by atoms with van der Waals surface area (Å²) in [5.41, 5.74) is 0.131. The maximum Gasteiger partial charge on any atom is 0.513 e. The number of carbonyl (C=O) groups is 5. The van der Waals surface area contributed by atoms with Crippen molar-refractivity contribution in [2.24, 2.45) is 11.8 Å². The smallest absolute Gasteiger partial charge is 0.463 e. The van der Waals surface area contributed by atoms with Crippen molar-refractivity contribution in [1.29, 1.82) is 0 Å². The van der Waals surface area contributed by atoms with Gasteiger partial charge in [0.15, 0.2) is 23.6 Å². The molecule has 0 saturated carbocycles. The van der Waals surface area contributed by atoms with Gasteiger partial charge in [-0.05, 0) is 38.8 Å². The molecular formula is C24H32N2O10. The van der Waals surface area contributed by atoms with Gasteiger partial charge >= 0.3 is 24.1 Å². The van der Waals surface area contributed by atoms with Crippen LogP contribution in [-0.4, -0.2) is 66.4 Å². The van der Waals surface area contributed by atoms with E-state index in [1.165, 1.54) is 19.2 Å². The standard InChI is InChI=1S/C24H32N2O10/c1-7-15-19(35-21(28)12(3)4)14(6)34-23(30)16(11-33-22(15)29)26-20(27)17-18(13(5)9-10-25-17)36-24(31)32-8-2/h9-10,12,14-16,19H,7-8,11H2,1-6H3,(H,26,27)/t14-,15+,16-,19-/m0/s1. The molecule has 0 spiro atoms.